The maximum Gasteiger partial charge on any atom is 0.253 e. The summed E-state index contributed by atoms with van der Waals surface area (Å²) in [6.07, 6.45) is 0. The Labute approximate surface area is 149 Å². The molecule has 0 aliphatic carbocycles. The second-order valence-corrected chi connectivity index (χ2v) is 6.07. The lowest BCUT2D eigenvalue weighted by molar-refractivity contribution is -0.133. The van der Waals surface area contributed by atoms with Crippen molar-refractivity contribution >= 4 is 17.5 Å². The first kappa shape index (κ1) is 17.7. The van der Waals surface area contributed by atoms with E-state index in [-0.39, 0.29) is 23.1 Å². The van der Waals surface area contributed by atoms with E-state index in [0.29, 0.717) is 6.54 Å². The summed E-state index contributed by atoms with van der Waals surface area (Å²) >= 11 is 0. The number of carbonyl (C=O) groups is 2. The first-order chi connectivity index (χ1) is 12.5. The van der Waals surface area contributed by atoms with Crippen molar-refractivity contribution < 1.29 is 18.4 Å². The molecule has 26 heavy (non-hydrogen) atoms. The van der Waals surface area contributed by atoms with Crippen LogP contribution in [0.1, 0.15) is 24.0 Å². The average molecular weight is 357 g/mol. The van der Waals surface area contributed by atoms with Crippen LogP contribution >= 0.6 is 0 Å². The summed E-state index contributed by atoms with van der Waals surface area (Å²) in [5.41, 5.74) is 3.64. The van der Waals surface area contributed by atoms with Gasteiger partial charge in [-0.1, -0.05) is 30.3 Å². The van der Waals surface area contributed by atoms with Crippen molar-refractivity contribution in [2.24, 2.45) is 11.0 Å². The molecule has 1 fully saturated rings. The van der Waals surface area contributed by atoms with Crippen LogP contribution in [0, 0.1) is 17.6 Å². The van der Waals surface area contributed by atoms with Crippen molar-refractivity contribution in [2.45, 2.75) is 12.8 Å². The minimum absolute atomic E-state index is 0.207. The third kappa shape index (κ3) is 3.77. The second-order valence-electron chi connectivity index (χ2n) is 6.07. The summed E-state index contributed by atoms with van der Waals surface area (Å²) < 4.78 is 26.6. The Balaban J connectivity index is 1.76. The molecule has 7 heteroatoms. The summed E-state index contributed by atoms with van der Waals surface area (Å²) in [6.45, 7) is 1.87. The van der Waals surface area contributed by atoms with Crippen molar-refractivity contribution in [3.05, 3.63) is 71.3 Å². The highest BCUT2D eigenvalue weighted by atomic mass is 19.1. The van der Waals surface area contributed by atoms with Crippen LogP contribution in [0.4, 0.5) is 8.78 Å². The number of nitrogens with one attached hydrogen (secondary N) is 2. The SMILES string of the molecule is C/C(=N/NC(=O)C1C(=O)NCC1c1ccccc1)c1cc(F)cc(F)c1. The Morgan fingerprint density at radius 3 is 2.46 bits per heavy atom. The average Bonchev–Trinajstić information content (AvgIpc) is 3.01. The lowest BCUT2D eigenvalue weighted by Gasteiger charge is -2.15. The quantitative estimate of drug-likeness (QED) is 0.501. The smallest absolute Gasteiger partial charge is 0.253 e. The summed E-state index contributed by atoms with van der Waals surface area (Å²) in [5.74, 6) is -3.63. The lowest BCUT2D eigenvalue weighted by atomic mass is 9.88. The van der Waals surface area contributed by atoms with Gasteiger partial charge in [-0.3, -0.25) is 9.59 Å². The number of carbonyl (C=O) groups excluding carboxylic acids is 2. The molecule has 2 N–H and O–H groups in total. The van der Waals surface area contributed by atoms with E-state index in [9.17, 15) is 18.4 Å². The minimum atomic E-state index is -0.918. The molecule has 1 saturated heterocycles. The molecule has 1 heterocycles. The maximum absolute atomic E-state index is 13.3. The molecule has 134 valence electrons. The molecule has 1 aliphatic heterocycles. The molecular formula is C19H17F2N3O2. The van der Waals surface area contributed by atoms with E-state index in [2.05, 4.69) is 15.8 Å². The molecular weight excluding hydrogens is 340 g/mol. The Morgan fingerprint density at radius 1 is 1.15 bits per heavy atom. The Kier molecular flexibility index (Phi) is 5.06. The van der Waals surface area contributed by atoms with Gasteiger partial charge in [-0.15, -0.1) is 0 Å². The van der Waals surface area contributed by atoms with Gasteiger partial charge in [-0.2, -0.15) is 5.10 Å². The fourth-order valence-electron chi connectivity index (χ4n) is 2.97. The molecule has 0 spiro atoms. The van der Waals surface area contributed by atoms with Gasteiger partial charge < -0.3 is 5.32 Å². The first-order valence-corrected chi connectivity index (χ1v) is 8.09. The van der Waals surface area contributed by atoms with E-state index >= 15 is 0 Å². The van der Waals surface area contributed by atoms with Crippen molar-refractivity contribution in [3.8, 4) is 0 Å². The largest absolute Gasteiger partial charge is 0.355 e. The van der Waals surface area contributed by atoms with Crippen LogP contribution in [0.2, 0.25) is 0 Å². The van der Waals surface area contributed by atoms with Crippen molar-refractivity contribution in [1.82, 2.24) is 10.7 Å². The second kappa shape index (κ2) is 7.43. The topological polar surface area (TPSA) is 70.6 Å². The number of amides is 2. The van der Waals surface area contributed by atoms with Gasteiger partial charge in [0.25, 0.3) is 5.91 Å². The fraction of sp³-hybridized carbons (Fsp3) is 0.211. The molecule has 2 aromatic rings. The van der Waals surface area contributed by atoms with E-state index in [1.165, 1.54) is 6.92 Å². The van der Waals surface area contributed by atoms with Crippen molar-refractivity contribution in [2.75, 3.05) is 6.54 Å². The fourth-order valence-corrected chi connectivity index (χ4v) is 2.97. The van der Waals surface area contributed by atoms with Gasteiger partial charge in [-0.25, -0.2) is 14.2 Å². The number of hydrazone groups is 1. The van der Waals surface area contributed by atoms with Gasteiger partial charge in [0, 0.05) is 24.1 Å². The summed E-state index contributed by atoms with van der Waals surface area (Å²) in [7, 11) is 0. The minimum Gasteiger partial charge on any atom is -0.355 e. The van der Waals surface area contributed by atoms with Crippen LogP contribution in [-0.2, 0) is 9.59 Å². The highest BCUT2D eigenvalue weighted by molar-refractivity contribution is 6.04. The Morgan fingerprint density at radius 2 is 1.81 bits per heavy atom. The predicted molar refractivity (Wildman–Crippen MR) is 92.4 cm³/mol. The molecule has 0 saturated carbocycles. The van der Waals surface area contributed by atoms with Gasteiger partial charge in [0.05, 0.1) is 5.71 Å². The normalized spacial score (nSPS) is 20.0. The highest BCUT2D eigenvalue weighted by Gasteiger charge is 2.40. The van der Waals surface area contributed by atoms with Crippen LogP contribution in [-0.4, -0.2) is 24.1 Å². The molecule has 5 nitrogen and oxygen atoms in total. The molecule has 2 amide bonds. The highest BCUT2D eigenvalue weighted by Crippen LogP contribution is 2.29. The molecule has 2 unspecified atom stereocenters. The zero-order valence-electron chi connectivity index (χ0n) is 14.0. The number of rotatable bonds is 4. The van der Waals surface area contributed by atoms with Crippen LogP contribution in [0.15, 0.2) is 53.6 Å². The number of hydrogen-bond donors (Lipinski definition) is 2. The molecule has 1 aliphatic rings. The van der Waals surface area contributed by atoms with Crippen LogP contribution in [0.25, 0.3) is 0 Å². The Bertz CT molecular complexity index is 848. The van der Waals surface area contributed by atoms with Gasteiger partial charge in [-0.05, 0) is 24.6 Å². The third-order valence-electron chi connectivity index (χ3n) is 4.31. The molecule has 3 rings (SSSR count). The molecule has 2 aromatic carbocycles. The van der Waals surface area contributed by atoms with Crippen molar-refractivity contribution in [1.29, 1.82) is 0 Å². The van der Waals surface area contributed by atoms with Gasteiger partial charge >= 0.3 is 0 Å². The molecule has 0 aromatic heterocycles. The maximum atomic E-state index is 13.3. The van der Waals surface area contributed by atoms with E-state index in [1.807, 2.05) is 30.3 Å². The predicted octanol–water partition coefficient (Wildman–Crippen LogP) is 2.33. The van der Waals surface area contributed by atoms with Gasteiger partial charge in [0.1, 0.15) is 17.6 Å². The van der Waals surface area contributed by atoms with E-state index in [1.54, 1.807) is 0 Å². The van der Waals surface area contributed by atoms with Gasteiger partial charge in [0.2, 0.25) is 5.91 Å². The van der Waals surface area contributed by atoms with Crippen LogP contribution in [0.5, 0.6) is 0 Å². The summed E-state index contributed by atoms with van der Waals surface area (Å²) in [6, 6.07) is 12.2. The van der Waals surface area contributed by atoms with Crippen LogP contribution in [0.3, 0.4) is 0 Å². The van der Waals surface area contributed by atoms with E-state index < -0.39 is 23.5 Å². The Hall–Kier alpha value is -3.09. The van der Waals surface area contributed by atoms with Crippen LogP contribution < -0.4 is 10.7 Å². The van der Waals surface area contributed by atoms with Gasteiger partial charge in [0.15, 0.2) is 0 Å². The van der Waals surface area contributed by atoms with Crippen molar-refractivity contribution in [3.63, 3.8) is 0 Å². The van der Waals surface area contributed by atoms with E-state index in [4.69, 9.17) is 0 Å². The molecule has 0 radical (unpaired) electrons. The first-order valence-electron chi connectivity index (χ1n) is 8.09. The number of nitrogens with zero attached hydrogens (tertiary/aromatic N) is 1. The molecule has 0 bridgehead atoms. The lowest BCUT2D eigenvalue weighted by Crippen LogP contribution is -2.35. The standard InChI is InChI=1S/C19H17F2N3O2/c1-11(13-7-14(20)9-15(21)8-13)23-24-19(26)17-16(10-22-18(17)25)12-5-3-2-4-6-12/h2-9,16-17H,10H2,1H3,(H,22,25)(H,24,26)/b23-11-. The third-order valence-corrected chi connectivity index (χ3v) is 4.31. The van der Waals surface area contributed by atoms with E-state index in [0.717, 1.165) is 23.8 Å². The number of halogens is 2. The number of hydrogen-bond acceptors (Lipinski definition) is 3. The molecule has 2 atom stereocenters. The summed E-state index contributed by atoms with van der Waals surface area (Å²) in [5, 5.41) is 6.57. The monoisotopic (exact) mass is 357 g/mol. The zero-order valence-corrected chi connectivity index (χ0v) is 14.0. The summed E-state index contributed by atoms with van der Waals surface area (Å²) in [4.78, 5) is 24.6. The number of benzene rings is 2. The zero-order chi connectivity index (χ0) is 18.7.